The summed E-state index contributed by atoms with van der Waals surface area (Å²) >= 11 is 4.25. The fourth-order valence-electron chi connectivity index (χ4n) is 3.01. The van der Waals surface area contributed by atoms with E-state index in [1.165, 1.54) is 13.2 Å². The minimum Gasteiger partial charge on any atom is -0.497 e. The largest absolute Gasteiger partial charge is 0.497 e. The van der Waals surface area contributed by atoms with E-state index in [1.54, 1.807) is 42.6 Å². The molecule has 0 saturated carbocycles. The van der Waals surface area contributed by atoms with Gasteiger partial charge in [0.15, 0.2) is 16.1 Å². The molecule has 3 aromatic heterocycles. The first-order valence-corrected chi connectivity index (χ1v) is 11.0. The molecule has 1 aromatic carbocycles. The molecule has 0 atom stereocenters. The fourth-order valence-corrected chi connectivity index (χ4v) is 4.25. The SMILES string of the molecule is CCOC(=O)c1nn(-c2cccc(OC)c2)c(=O)c2c(NC(=O)c3ccc(Br)o3)scc12. The van der Waals surface area contributed by atoms with E-state index in [0.29, 0.717) is 16.1 Å². The third-order valence-corrected chi connectivity index (χ3v) is 5.76. The normalized spacial score (nSPS) is 10.8. The van der Waals surface area contributed by atoms with Gasteiger partial charge in [-0.3, -0.25) is 9.59 Å². The predicted molar refractivity (Wildman–Crippen MR) is 122 cm³/mol. The van der Waals surface area contributed by atoms with Crippen molar-refractivity contribution in [1.82, 2.24) is 9.78 Å². The van der Waals surface area contributed by atoms with Crippen molar-refractivity contribution in [3.8, 4) is 11.4 Å². The summed E-state index contributed by atoms with van der Waals surface area (Å²) < 4.78 is 17.1. The van der Waals surface area contributed by atoms with Crippen molar-refractivity contribution in [2.45, 2.75) is 6.92 Å². The van der Waals surface area contributed by atoms with Crippen LogP contribution in [-0.2, 0) is 4.74 Å². The second-order valence-electron chi connectivity index (χ2n) is 6.40. The van der Waals surface area contributed by atoms with Gasteiger partial charge in [-0.1, -0.05) is 6.07 Å². The van der Waals surface area contributed by atoms with Gasteiger partial charge in [-0.05, 0) is 47.1 Å². The minimum absolute atomic E-state index is 0.0400. The first kappa shape index (κ1) is 21.8. The topological polar surface area (TPSA) is 113 Å². The first-order chi connectivity index (χ1) is 15.4. The van der Waals surface area contributed by atoms with Gasteiger partial charge in [-0.25, -0.2) is 4.79 Å². The van der Waals surface area contributed by atoms with Gasteiger partial charge in [0.25, 0.3) is 11.5 Å². The highest BCUT2D eigenvalue weighted by Crippen LogP contribution is 2.31. The summed E-state index contributed by atoms with van der Waals surface area (Å²) in [6.07, 6.45) is 0. The lowest BCUT2D eigenvalue weighted by Crippen LogP contribution is -2.25. The zero-order valence-electron chi connectivity index (χ0n) is 16.9. The van der Waals surface area contributed by atoms with Gasteiger partial charge < -0.3 is 19.2 Å². The number of halogens is 1. The number of furan rings is 1. The third-order valence-electron chi connectivity index (χ3n) is 4.44. The maximum atomic E-state index is 13.4. The molecule has 11 heteroatoms. The number of carbonyl (C=O) groups excluding carboxylic acids is 2. The lowest BCUT2D eigenvalue weighted by Gasteiger charge is -2.10. The molecule has 0 spiro atoms. The average Bonchev–Trinajstić information content (AvgIpc) is 3.41. The Balaban J connectivity index is 1.90. The van der Waals surface area contributed by atoms with Crippen molar-refractivity contribution >= 4 is 54.9 Å². The lowest BCUT2D eigenvalue weighted by atomic mass is 10.2. The Morgan fingerprint density at radius 3 is 2.78 bits per heavy atom. The number of rotatable bonds is 6. The number of thiophene rings is 1. The zero-order valence-corrected chi connectivity index (χ0v) is 19.3. The summed E-state index contributed by atoms with van der Waals surface area (Å²) in [6.45, 7) is 1.81. The van der Waals surface area contributed by atoms with E-state index in [4.69, 9.17) is 13.9 Å². The van der Waals surface area contributed by atoms with E-state index >= 15 is 0 Å². The van der Waals surface area contributed by atoms with Gasteiger partial charge in [-0.2, -0.15) is 9.78 Å². The maximum absolute atomic E-state index is 13.4. The van der Waals surface area contributed by atoms with Crippen LogP contribution in [0, 0.1) is 0 Å². The molecule has 0 radical (unpaired) electrons. The second kappa shape index (κ2) is 8.97. The molecule has 4 aromatic rings. The number of hydrogen-bond donors (Lipinski definition) is 1. The first-order valence-electron chi connectivity index (χ1n) is 9.35. The van der Waals surface area contributed by atoms with E-state index in [9.17, 15) is 14.4 Å². The zero-order chi connectivity index (χ0) is 22.8. The van der Waals surface area contributed by atoms with Crippen LogP contribution >= 0.6 is 27.3 Å². The Morgan fingerprint density at radius 1 is 1.28 bits per heavy atom. The van der Waals surface area contributed by atoms with Crippen LogP contribution in [0.2, 0.25) is 0 Å². The number of esters is 1. The number of methoxy groups -OCH3 is 1. The molecular formula is C21H16BrN3O6S. The summed E-state index contributed by atoms with van der Waals surface area (Å²) in [4.78, 5) is 38.6. The standard InChI is InChI=1S/C21H16BrN3O6S/c1-3-30-21(28)17-13-10-32-19(23-18(26)14-7-8-15(22)31-14)16(13)20(27)25(24-17)11-5-4-6-12(9-11)29-2/h4-10H,3H2,1-2H3,(H,23,26). The summed E-state index contributed by atoms with van der Waals surface area (Å²) in [5.74, 6) is -0.650. The Hall–Kier alpha value is -3.44. The second-order valence-corrected chi connectivity index (χ2v) is 8.06. The summed E-state index contributed by atoms with van der Waals surface area (Å²) in [6, 6.07) is 9.76. The molecule has 0 unspecified atom stereocenters. The molecule has 0 aliphatic carbocycles. The predicted octanol–water partition coefficient (Wildman–Crippen LogP) is 4.24. The number of aromatic nitrogens is 2. The van der Waals surface area contributed by atoms with E-state index in [-0.39, 0.29) is 33.8 Å². The number of hydrogen-bond acceptors (Lipinski definition) is 8. The summed E-state index contributed by atoms with van der Waals surface area (Å²) in [5.41, 5.74) is -0.166. The molecular weight excluding hydrogens is 502 g/mol. The number of fused-ring (bicyclic) bond motifs is 1. The fraction of sp³-hybridized carbons (Fsp3) is 0.143. The molecule has 1 N–H and O–H groups in total. The molecule has 0 aliphatic rings. The van der Waals surface area contributed by atoms with Crippen molar-refractivity contribution in [2.75, 3.05) is 19.0 Å². The maximum Gasteiger partial charge on any atom is 0.359 e. The van der Waals surface area contributed by atoms with Crippen molar-refractivity contribution in [1.29, 1.82) is 0 Å². The Bertz CT molecular complexity index is 1390. The van der Waals surface area contributed by atoms with Gasteiger partial charge in [0.2, 0.25) is 0 Å². The van der Waals surface area contributed by atoms with Crippen LogP contribution in [0.3, 0.4) is 0 Å². The highest BCUT2D eigenvalue weighted by Gasteiger charge is 2.24. The van der Waals surface area contributed by atoms with Gasteiger partial charge >= 0.3 is 5.97 Å². The molecule has 0 fully saturated rings. The van der Waals surface area contributed by atoms with Crippen LogP contribution in [0.4, 0.5) is 5.00 Å². The van der Waals surface area contributed by atoms with E-state index in [0.717, 1.165) is 16.0 Å². The van der Waals surface area contributed by atoms with Gasteiger partial charge in [0.1, 0.15) is 10.8 Å². The Morgan fingerprint density at radius 2 is 2.09 bits per heavy atom. The number of carbonyl (C=O) groups is 2. The Kier molecular flexibility index (Phi) is 6.10. The number of ether oxygens (including phenoxy) is 2. The summed E-state index contributed by atoms with van der Waals surface area (Å²) in [5, 5.41) is 9.20. The molecule has 0 aliphatic heterocycles. The number of amides is 1. The molecule has 9 nitrogen and oxygen atoms in total. The number of nitrogens with zero attached hydrogens (tertiary/aromatic N) is 2. The minimum atomic E-state index is -0.681. The van der Waals surface area contributed by atoms with E-state index in [2.05, 4.69) is 26.3 Å². The number of anilines is 1. The van der Waals surface area contributed by atoms with E-state index in [1.807, 2.05) is 0 Å². The third kappa shape index (κ3) is 4.04. The molecule has 1 amide bonds. The Labute approximate surface area is 193 Å². The van der Waals surface area contributed by atoms with E-state index < -0.39 is 17.4 Å². The van der Waals surface area contributed by atoms with Gasteiger partial charge in [0.05, 0.1) is 24.8 Å². The van der Waals surface area contributed by atoms with Crippen LogP contribution in [0.1, 0.15) is 28.0 Å². The molecule has 3 heterocycles. The van der Waals surface area contributed by atoms with Gasteiger partial charge in [-0.15, -0.1) is 11.3 Å². The number of benzene rings is 1. The molecule has 164 valence electrons. The van der Waals surface area contributed by atoms with Crippen molar-refractivity contribution in [3.05, 3.63) is 68.3 Å². The molecule has 0 saturated heterocycles. The number of nitrogens with one attached hydrogen (secondary N) is 1. The lowest BCUT2D eigenvalue weighted by molar-refractivity contribution is 0.0520. The van der Waals surface area contributed by atoms with Crippen molar-refractivity contribution in [2.24, 2.45) is 0 Å². The van der Waals surface area contributed by atoms with Gasteiger partial charge in [0, 0.05) is 16.8 Å². The molecule has 32 heavy (non-hydrogen) atoms. The van der Waals surface area contributed by atoms with Crippen molar-refractivity contribution in [3.63, 3.8) is 0 Å². The summed E-state index contributed by atoms with van der Waals surface area (Å²) in [7, 11) is 1.50. The van der Waals surface area contributed by atoms with Crippen LogP contribution in [0.5, 0.6) is 5.75 Å². The van der Waals surface area contributed by atoms with Crippen LogP contribution in [-0.4, -0.2) is 35.4 Å². The van der Waals surface area contributed by atoms with Crippen LogP contribution < -0.4 is 15.6 Å². The molecule has 0 bridgehead atoms. The van der Waals surface area contributed by atoms with Crippen LogP contribution in [0.15, 0.2) is 55.7 Å². The van der Waals surface area contributed by atoms with Crippen molar-refractivity contribution < 1.29 is 23.5 Å². The highest BCUT2D eigenvalue weighted by molar-refractivity contribution is 9.10. The van der Waals surface area contributed by atoms with Crippen LogP contribution in [0.25, 0.3) is 16.5 Å². The molecule has 4 rings (SSSR count). The quantitative estimate of drug-likeness (QED) is 0.380. The highest BCUT2D eigenvalue weighted by atomic mass is 79.9. The smallest absolute Gasteiger partial charge is 0.359 e. The average molecular weight is 518 g/mol. The monoisotopic (exact) mass is 517 g/mol.